The molecule has 2 atom stereocenters. The molecule has 1 fully saturated rings. The van der Waals surface area contributed by atoms with Crippen molar-refractivity contribution in [1.82, 2.24) is 14.6 Å². The Labute approximate surface area is 201 Å². The van der Waals surface area contributed by atoms with Crippen molar-refractivity contribution in [1.29, 1.82) is 0 Å². The van der Waals surface area contributed by atoms with Crippen molar-refractivity contribution in [2.45, 2.75) is 12.1 Å². The average Bonchev–Trinajstić information content (AvgIpc) is 3.04. The number of hydrogen-bond donors (Lipinski definition) is 5. The smallest absolute Gasteiger partial charge is 1.00 e. The molecular weight excluding hydrogens is 473 g/mol. The third kappa shape index (κ3) is 6.74. The van der Waals surface area contributed by atoms with Crippen molar-refractivity contribution in [3.05, 3.63) is 11.1 Å². The molecule has 1 aromatic rings. The molecule has 166 valence electrons. The fourth-order valence-electron chi connectivity index (χ4n) is 2.26. The van der Waals surface area contributed by atoms with Crippen LogP contribution in [0.1, 0.15) is 7.12 Å². The van der Waals surface area contributed by atoms with Gasteiger partial charge in [0.15, 0.2) is 17.5 Å². The Morgan fingerprint density at radius 2 is 2.03 bits per heavy atom. The van der Waals surface area contributed by atoms with Crippen LogP contribution >= 0.6 is 11.3 Å². The number of carbonyl (C=O) groups is 4. The quantitative estimate of drug-likeness (QED) is 0.0716. The topological polar surface area (TPSA) is 260 Å². The second-order valence-corrected chi connectivity index (χ2v) is 7.69. The van der Waals surface area contributed by atoms with E-state index in [9.17, 15) is 27.6 Å². The molecule has 1 aromatic heterocycles. The number of β-lactam (4-membered cyclic amide) rings is 1. The van der Waals surface area contributed by atoms with E-state index in [1.54, 1.807) is 0 Å². The van der Waals surface area contributed by atoms with Gasteiger partial charge in [-0.25, -0.2) is 14.1 Å². The van der Waals surface area contributed by atoms with Crippen LogP contribution in [0.25, 0.3) is 0 Å². The van der Waals surface area contributed by atoms with Gasteiger partial charge in [-0.2, -0.15) is 8.42 Å². The summed E-state index contributed by atoms with van der Waals surface area (Å²) in [4.78, 5) is 54.7. The van der Waals surface area contributed by atoms with Gasteiger partial charge in [-0.3, -0.25) is 18.9 Å². The molecule has 19 heteroatoms. The number of nitrogens with two attached hydrogens (primary N) is 3. The summed E-state index contributed by atoms with van der Waals surface area (Å²) in [7, 11) is -5.01. The van der Waals surface area contributed by atoms with Gasteiger partial charge in [-0.15, -0.1) is 11.3 Å². The van der Waals surface area contributed by atoms with Gasteiger partial charge in [0.05, 0.1) is 0 Å². The molecule has 8 N–H and O–H groups in total. The number of oxime groups is 1. The van der Waals surface area contributed by atoms with Crippen LogP contribution in [0.2, 0.25) is 0 Å². The summed E-state index contributed by atoms with van der Waals surface area (Å²) in [5, 5.41) is 6.97. The summed E-state index contributed by atoms with van der Waals surface area (Å²) >= 11 is 0.944. The molecule has 1 aliphatic heterocycles. The first-order valence-electron chi connectivity index (χ1n) is 7.65. The minimum atomic E-state index is -5.01. The Morgan fingerprint density at radius 1 is 1.39 bits per heavy atom. The van der Waals surface area contributed by atoms with Gasteiger partial charge in [0.2, 0.25) is 0 Å². The molecule has 0 saturated carbocycles. The molecule has 31 heavy (non-hydrogen) atoms. The number of aromatic nitrogens is 1. The molecule has 1 aliphatic rings. The van der Waals surface area contributed by atoms with Gasteiger partial charge < -0.3 is 33.5 Å². The van der Waals surface area contributed by atoms with Crippen molar-refractivity contribution >= 4 is 56.3 Å². The van der Waals surface area contributed by atoms with Crippen LogP contribution in [0.5, 0.6) is 0 Å². The van der Waals surface area contributed by atoms with E-state index >= 15 is 0 Å². The second kappa shape index (κ2) is 10.7. The van der Waals surface area contributed by atoms with Crippen LogP contribution in [0, 0.1) is 0 Å². The number of rotatable bonds is 9. The Balaban J connectivity index is 0.00000480. The van der Waals surface area contributed by atoms with Gasteiger partial charge in [-0.05, 0) is 0 Å². The minimum absolute atomic E-state index is 0. The largest absolute Gasteiger partial charge is 1.00 e. The molecule has 2 heterocycles. The number of nitrogens with one attached hydrogen (secondary N) is 1. The Morgan fingerprint density at radius 3 is 2.52 bits per heavy atom. The van der Waals surface area contributed by atoms with Crippen LogP contribution in [-0.2, 0) is 34.3 Å². The summed E-state index contributed by atoms with van der Waals surface area (Å²) in [6, 6.07) is -3.03. The maximum atomic E-state index is 12.6. The molecule has 2 rings (SSSR count). The first-order valence-corrected chi connectivity index (χ1v) is 9.93. The number of hydrogen-bond acceptors (Lipinski definition) is 12. The molecule has 16 nitrogen and oxygen atoms in total. The summed E-state index contributed by atoms with van der Waals surface area (Å²) < 4.78 is 36.3. The van der Waals surface area contributed by atoms with Crippen molar-refractivity contribution < 1.29 is 72.7 Å². The minimum Gasteiger partial charge on any atom is -1.00 e. The number of nitrogens with zero attached hydrogens (tertiary/aromatic N) is 3. The van der Waals surface area contributed by atoms with E-state index in [4.69, 9.17) is 21.8 Å². The van der Waals surface area contributed by atoms with Crippen LogP contribution in [0.3, 0.4) is 0 Å². The fraction of sp³-hybridized carbons (Fsp3) is 0.333. The molecule has 1 saturated heterocycles. The first-order chi connectivity index (χ1) is 13.9. The number of primary amides is 2. The zero-order chi connectivity index (χ0) is 22.6. The summed E-state index contributed by atoms with van der Waals surface area (Å²) in [6.07, 6.45) is -1.28. The SMILES string of the molecule is NC(=O)CON=C(C(=O)N[C@@H]1C(=O)N(S(=O)(=O)O)[C@@H]1COC(N)=O)c1csc(N)n1.[H-].[Na+]. The number of thiazole rings is 1. The van der Waals surface area contributed by atoms with Crippen LogP contribution < -0.4 is 52.1 Å². The number of ether oxygens (including phenoxy) is 1. The van der Waals surface area contributed by atoms with Gasteiger partial charge in [0, 0.05) is 5.38 Å². The third-order valence-corrected chi connectivity index (χ3v) is 5.06. The third-order valence-electron chi connectivity index (χ3n) is 3.44. The van der Waals surface area contributed by atoms with E-state index in [1.807, 2.05) is 0 Å². The number of carbonyl (C=O) groups excluding carboxylic acids is 4. The Bertz CT molecular complexity index is 1020. The maximum Gasteiger partial charge on any atom is 1.00 e. The van der Waals surface area contributed by atoms with Crippen molar-refractivity contribution in [3.8, 4) is 0 Å². The summed E-state index contributed by atoms with van der Waals surface area (Å²) in [5.74, 6) is -3.20. The van der Waals surface area contributed by atoms with Crippen LogP contribution in [-0.4, -0.2) is 77.1 Å². The van der Waals surface area contributed by atoms with Crippen molar-refractivity contribution in [2.75, 3.05) is 18.9 Å². The maximum absolute atomic E-state index is 12.6. The molecule has 0 aliphatic carbocycles. The number of amides is 4. The number of nitrogen functional groups attached to an aromatic ring is 1. The van der Waals surface area contributed by atoms with Gasteiger partial charge in [0.1, 0.15) is 24.4 Å². The fourth-order valence-corrected chi connectivity index (χ4v) is 3.68. The molecule has 4 amide bonds. The van der Waals surface area contributed by atoms with Gasteiger partial charge in [0.25, 0.3) is 17.7 Å². The zero-order valence-corrected chi connectivity index (χ0v) is 19.4. The standard InChI is InChI=1S/C12H15N7O9S2.Na.H/c13-6(20)2-28-18-7(4-3-29-11(14)16-4)9(21)17-8-5(1-27-12(15)23)19(10(8)22)30(24,25)26;;/h3,5,8H,1-2H2,(H2,13,20)(H2,14,16)(H2,15,23)(H,17,21)(H,24,25,26);;/q;+1;-1/t5-,8+;;/m1../s1. The average molecular weight is 489 g/mol. The van der Waals surface area contributed by atoms with Crippen molar-refractivity contribution in [2.24, 2.45) is 16.6 Å². The predicted molar refractivity (Wildman–Crippen MR) is 99.0 cm³/mol. The Hall–Kier alpha value is -2.51. The van der Waals surface area contributed by atoms with Crippen LogP contribution in [0.4, 0.5) is 9.93 Å². The van der Waals surface area contributed by atoms with E-state index in [2.05, 4.69) is 25.0 Å². The molecule has 0 bridgehead atoms. The molecular formula is C12H16N7NaO9S2. The van der Waals surface area contributed by atoms with E-state index < -0.39 is 65.1 Å². The monoisotopic (exact) mass is 489 g/mol. The summed E-state index contributed by atoms with van der Waals surface area (Å²) in [5.41, 5.74) is 14.6. The Kier molecular flexibility index (Phi) is 9.14. The molecule has 0 aromatic carbocycles. The van der Waals surface area contributed by atoms with Crippen molar-refractivity contribution in [3.63, 3.8) is 0 Å². The molecule has 0 radical (unpaired) electrons. The van der Waals surface area contributed by atoms with Crippen LogP contribution in [0.15, 0.2) is 10.5 Å². The van der Waals surface area contributed by atoms with E-state index in [-0.39, 0.29) is 46.1 Å². The van der Waals surface area contributed by atoms with E-state index in [0.717, 1.165) is 11.3 Å². The summed E-state index contributed by atoms with van der Waals surface area (Å²) in [6.45, 7) is -1.43. The first kappa shape index (κ1) is 26.5. The predicted octanol–water partition coefficient (Wildman–Crippen LogP) is -6.36. The zero-order valence-electron chi connectivity index (χ0n) is 16.7. The number of anilines is 1. The van der Waals surface area contributed by atoms with E-state index in [1.165, 1.54) is 5.38 Å². The van der Waals surface area contributed by atoms with E-state index in [0.29, 0.717) is 0 Å². The second-order valence-electron chi connectivity index (χ2n) is 5.51. The van der Waals surface area contributed by atoms with Gasteiger partial charge >= 0.3 is 46.0 Å². The van der Waals surface area contributed by atoms with Gasteiger partial charge in [-0.1, -0.05) is 5.16 Å². The normalized spacial score (nSPS) is 18.4. The molecule has 0 spiro atoms. The molecule has 0 unspecified atom stereocenters.